The number of amides is 2. The van der Waals surface area contributed by atoms with Crippen LogP contribution in [0.2, 0.25) is 0 Å². The number of rotatable bonds is 3. The molecule has 1 unspecified atom stereocenters. The van der Waals surface area contributed by atoms with E-state index in [9.17, 15) is 18.0 Å². The van der Waals surface area contributed by atoms with Crippen LogP contribution in [0.5, 0.6) is 0 Å². The molecule has 1 rings (SSSR count). The molecular formula is C12H14F3N3OS. The number of hydrogen-bond donors (Lipinski definition) is 2. The summed E-state index contributed by atoms with van der Waals surface area (Å²) in [5.74, 6) is 0. The van der Waals surface area contributed by atoms with Gasteiger partial charge in [-0.25, -0.2) is 4.79 Å². The molecule has 0 fully saturated rings. The summed E-state index contributed by atoms with van der Waals surface area (Å²) in [5.41, 5.74) is 4.90. The SMILES string of the molecule is CC(C(N)=S)N(C)C(=O)Nc1ccc(C(F)(F)F)cc1. The molecule has 8 heteroatoms. The number of anilines is 1. The Morgan fingerprint density at radius 2 is 1.85 bits per heavy atom. The number of nitrogens with zero attached hydrogens (tertiary/aromatic N) is 1. The fraction of sp³-hybridized carbons (Fsp3) is 0.333. The summed E-state index contributed by atoms with van der Waals surface area (Å²) in [5, 5.41) is 2.46. The van der Waals surface area contributed by atoms with E-state index in [1.54, 1.807) is 6.92 Å². The van der Waals surface area contributed by atoms with E-state index in [2.05, 4.69) is 5.32 Å². The average molecular weight is 305 g/mol. The minimum absolute atomic E-state index is 0.148. The van der Waals surface area contributed by atoms with Gasteiger partial charge in [0.2, 0.25) is 0 Å². The minimum atomic E-state index is -4.40. The van der Waals surface area contributed by atoms with Crippen molar-refractivity contribution in [1.82, 2.24) is 4.90 Å². The van der Waals surface area contributed by atoms with E-state index in [1.165, 1.54) is 24.1 Å². The minimum Gasteiger partial charge on any atom is -0.392 e. The van der Waals surface area contributed by atoms with Gasteiger partial charge in [0.25, 0.3) is 0 Å². The molecule has 0 saturated heterocycles. The number of carbonyl (C=O) groups is 1. The first-order chi connectivity index (χ1) is 9.12. The Balaban J connectivity index is 2.74. The summed E-state index contributed by atoms with van der Waals surface area (Å²) in [7, 11) is 1.49. The largest absolute Gasteiger partial charge is 0.416 e. The quantitative estimate of drug-likeness (QED) is 0.844. The highest BCUT2D eigenvalue weighted by molar-refractivity contribution is 7.80. The monoisotopic (exact) mass is 305 g/mol. The number of benzene rings is 1. The van der Waals surface area contributed by atoms with Gasteiger partial charge < -0.3 is 16.0 Å². The van der Waals surface area contributed by atoms with E-state index in [0.29, 0.717) is 0 Å². The maximum Gasteiger partial charge on any atom is 0.416 e. The van der Waals surface area contributed by atoms with Crippen LogP contribution in [-0.4, -0.2) is 29.0 Å². The van der Waals surface area contributed by atoms with Gasteiger partial charge in [-0.2, -0.15) is 13.2 Å². The van der Waals surface area contributed by atoms with E-state index >= 15 is 0 Å². The Hall–Kier alpha value is -1.83. The Kier molecular flexibility index (Phi) is 4.93. The lowest BCUT2D eigenvalue weighted by molar-refractivity contribution is -0.137. The zero-order valence-corrected chi connectivity index (χ0v) is 11.7. The van der Waals surface area contributed by atoms with Crippen LogP contribution >= 0.6 is 12.2 Å². The molecule has 2 amide bonds. The molecule has 0 radical (unpaired) electrons. The van der Waals surface area contributed by atoms with Crippen molar-refractivity contribution in [1.29, 1.82) is 0 Å². The van der Waals surface area contributed by atoms with Crippen molar-refractivity contribution in [2.24, 2.45) is 5.73 Å². The molecule has 0 heterocycles. The summed E-state index contributed by atoms with van der Waals surface area (Å²) >= 11 is 4.77. The van der Waals surface area contributed by atoms with Gasteiger partial charge in [-0.3, -0.25) is 0 Å². The molecule has 20 heavy (non-hydrogen) atoms. The molecular weight excluding hydrogens is 291 g/mol. The van der Waals surface area contributed by atoms with Crippen molar-refractivity contribution in [3.63, 3.8) is 0 Å². The number of nitrogens with one attached hydrogen (secondary N) is 1. The number of likely N-dealkylation sites (N-methyl/N-ethyl adjacent to an activating group) is 1. The first kappa shape index (κ1) is 16.2. The standard InChI is InChI=1S/C12H14F3N3OS/c1-7(10(16)20)18(2)11(19)17-9-5-3-8(4-6-9)12(13,14)15/h3-7H,1-2H3,(H2,16,20)(H,17,19). The Labute approximate surface area is 119 Å². The first-order valence-corrected chi connectivity index (χ1v) is 6.04. The van der Waals surface area contributed by atoms with Crippen molar-refractivity contribution in [2.45, 2.75) is 19.1 Å². The van der Waals surface area contributed by atoms with Crippen LogP contribution in [0.3, 0.4) is 0 Å². The van der Waals surface area contributed by atoms with Gasteiger partial charge in [-0.1, -0.05) is 12.2 Å². The van der Waals surface area contributed by atoms with E-state index in [-0.39, 0.29) is 10.7 Å². The molecule has 1 atom stereocenters. The van der Waals surface area contributed by atoms with Crippen LogP contribution in [0.1, 0.15) is 12.5 Å². The number of hydrogen-bond acceptors (Lipinski definition) is 2. The summed E-state index contributed by atoms with van der Waals surface area (Å²) < 4.78 is 37.1. The summed E-state index contributed by atoms with van der Waals surface area (Å²) in [6.07, 6.45) is -4.40. The Morgan fingerprint density at radius 1 is 1.35 bits per heavy atom. The predicted octanol–water partition coefficient (Wildman–Crippen LogP) is 2.84. The fourth-order valence-corrected chi connectivity index (χ4v) is 1.48. The smallest absolute Gasteiger partial charge is 0.392 e. The van der Waals surface area contributed by atoms with Crippen LogP contribution in [-0.2, 0) is 6.18 Å². The van der Waals surface area contributed by atoms with Crippen LogP contribution in [0, 0.1) is 0 Å². The van der Waals surface area contributed by atoms with Gasteiger partial charge in [-0.05, 0) is 31.2 Å². The normalized spacial score (nSPS) is 12.7. The number of alkyl halides is 3. The van der Waals surface area contributed by atoms with Crippen molar-refractivity contribution in [2.75, 3.05) is 12.4 Å². The zero-order chi connectivity index (χ0) is 15.5. The van der Waals surface area contributed by atoms with Gasteiger partial charge in [0.15, 0.2) is 0 Å². The number of nitrogens with two attached hydrogens (primary N) is 1. The molecule has 110 valence electrons. The second-order valence-electron chi connectivity index (χ2n) is 4.19. The van der Waals surface area contributed by atoms with Crippen LogP contribution < -0.4 is 11.1 Å². The van der Waals surface area contributed by atoms with Gasteiger partial charge in [0, 0.05) is 12.7 Å². The van der Waals surface area contributed by atoms with Crippen molar-refractivity contribution >= 4 is 28.9 Å². The average Bonchev–Trinajstić information content (AvgIpc) is 2.36. The zero-order valence-electron chi connectivity index (χ0n) is 10.9. The van der Waals surface area contributed by atoms with Gasteiger partial charge in [-0.15, -0.1) is 0 Å². The van der Waals surface area contributed by atoms with Crippen LogP contribution in [0.4, 0.5) is 23.7 Å². The second-order valence-corrected chi connectivity index (χ2v) is 4.67. The lowest BCUT2D eigenvalue weighted by atomic mass is 10.2. The maximum atomic E-state index is 12.4. The highest BCUT2D eigenvalue weighted by Gasteiger charge is 2.30. The molecule has 0 spiro atoms. The lowest BCUT2D eigenvalue weighted by Crippen LogP contribution is -2.44. The first-order valence-electron chi connectivity index (χ1n) is 5.63. The number of urea groups is 1. The van der Waals surface area contributed by atoms with Crippen LogP contribution in [0.25, 0.3) is 0 Å². The highest BCUT2D eigenvalue weighted by atomic mass is 32.1. The van der Waals surface area contributed by atoms with E-state index in [1.807, 2.05) is 0 Å². The molecule has 0 aliphatic rings. The topological polar surface area (TPSA) is 58.4 Å². The number of carbonyl (C=O) groups excluding carboxylic acids is 1. The molecule has 3 N–H and O–H groups in total. The third-order valence-corrected chi connectivity index (χ3v) is 3.12. The second kappa shape index (κ2) is 6.08. The van der Waals surface area contributed by atoms with Gasteiger partial charge in [0.05, 0.1) is 16.6 Å². The van der Waals surface area contributed by atoms with Gasteiger partial charge in [0.1, 0.15) is 0 Å². The third kappa shape index (κ3) is 4.09. The van der Waals surface area contributed by atoms with Gasteiger partial charge >= 0.3 is 12.2 Å². The lowest BCUT2D eigenvalue weighted by Gasteiger charge is -2.24. The number of halogens is 3. The molecule has 1 aromatic carbocycles. The molecule has 0 aliphatic heterocycles. The Bertz CT molecular complexity index is 502. The predicted molar refractivity (Wildman–Crippen MR) is 74.5 cm³/mol. The fourth-order valence-electron chi connectivity index (χ4n) is 1.32. The molecule has 0 aliphatic carbocycles. The van der Waals surface area contributed by atoms with E-state index in [4.69, 9.17) is 18.0 Å². The summed E-state index contributed by atoms with van der Waals surface area (Å²) in [4.78, 5) is 13.2. The van der Waals surface area contributed by atoms with E-state index in [0.717, 1.165) is 12.1 Å². The summed E-state index contributed by atoms with van der Waals surface area (Å²) in [6.45, 7) is 1.65. The van der Waals surface area contributed by atoms with Crippen molar-refractivity contribution in [3.05, 3.63) is 29.8 Å². The molecule has 4 nitrogen and oxygen atoms in total. The maximum absolute atomic E-state index is 12.4. The molecule has 0 saturated carbocycles. The van der Waals surface area contributed by atoms with E-state index < -0.39 is 23.8 Å². The van der Waals surface area contributed by atoms with Crippen molar-refractivity contribution < 1.29 is 18.0 Å². The third-order valence-electron chi connectivity index (χ3n) is 2.78. The molecule has 0 aromatic heterocycles. The van der Waals surface area contributed by atoms with Crippen LogP contribution in [0.15, 0.2) is 24.3 Å². The molecule has 1 aromatic rings. The Morgan fingerprint density at radius 3 is 2.25 bits per heavy atom. The highest BCUT2D eigenvalue weighted by Crippen LogP contribution is 2.29. The molecule has 0 bridgehead atoms. The number of thiocarbonyl (C=S) groups is 1. The van der Waals surface area contributed by atoms with Crippen molar-refractivity contribution in [3.8, 4) is 0 Å². The summed E-state index contributed by atoms with van der Waals surface area (Å²) in [6, 6.07) is 3.18.